The van der Waals surface area contributed by atoms with Crippen LogP contribution in [0.5, 0.6) is 0 Å². The molecule has 0 unspecified atom stereocenters. The van der Waals surface area contributed by atoms with Gasteiger partial charge < -0.3 is 4.90 Å². The first-order valence-corrected chi connectivity index (χ1v) is 9.26. The highest BCUT2D eigenvalue weighted by atomic mass is 32.2. The number of benzene rings is 1. The second-order valence-corrected chi connectivity index (χ2v) is 8.04. The molecular weight excluding hydrogens is 284 g/mol. The van der Waals surface area contributed by atoms with E-state index in [1.165, 1.54) is 22.4 Å². The molecule has 0 bridgehead atoms. The predicted molar refractivity (Wildman–Crippen MR) is 88.5 cm³/mol. The second-order valence-electron chi connectivity index (χ2n) is 5.95. The van der Waals surface area contributed by atoms with Gasteiger partial charge in [0.25, 0.3) is 0 Å². The van der Waals surface area contributed by atoms with Gasteiger partial charge in [-0.25, -0.2) is 8.42 Å². The Bertz CT molecular complexity index is 580. The van der Waals surface area contributed by atoms with E-state index < -0.39 is 10.0 Å². The van der Waals surface area contributed by atoms with Gasteiger partial charge in [0.15, 0.2) is 0 Å². The fraction of sp³-hybridized carbons (Fsp3) is 0.625. The smallest absolute Gasteiger partial charge is 0.214 e. The van der Waals surface area contributed by atoms with E-state index in [9.17, 15) is 8.42 Å². The summed E-state index contributed by atoms with van der Waals surface area (Å²) in [5, 5.41) is 0. The molecule has 1 saturated heterocycles. The lowest BCUT2D eigenvalue weighted by molar-refractivity contribution is 0.384. The van der Waals surface area contributed by atoms with Gasteiger partial charge in [0.2, 0.25) is 10.0 Å². The topological polar surface area (TPSA) is 40.6 Å². The Kier molecular flexibility index (Phi) is 4.94. The molecule has 118 valence electrons. The van der Waals surface area contributed by atoms with Crippen molar-refractivity contribution in [3.05, 3.63) is 28.8 Å². The van der Waals surface area contributed by atoms with Crippen molar-refractivity contribution in [3.63, 3.8) is 0 Å². The zero-order valence-corrected chi connectivity index (χ0v) is 14.3. The van der Waals surface area contributed by atoms with E-state index >= 15 is 0 Å². The van der Waals surface area contributed by atoms with Crippen molar-refractivity contribution in [2.24, 2.45) is 0 Å². The number of anilines is 1. The van der Waals surface area contributed by atoms with Crippen molar-refractivity contribution in [1.82, 2.24) is 4.31 Å². The number of hydrogen-bond acceptors (Lipinski definition) is 3. The monoisotopic (exact) mass is 310 g/mol. The molecule has 0 amide bonds. The molecule has 0 radical (unpaired) electrons. The highest BCUT2D eigenvalue weighted by molar-refractivity contribution is 7.89. The summed E-state index contributed by atoms with van der Waals surface area (Å²) in [4.78, 5) is 2.32. The lowest BCUT2D eigenvalue weighted by Crippen LogP contribution is -2.49. The summed E-state index contributed by atoms with van der Waals surface area (Å²) in [5.41, 5.74) is 5.10. The van der Waals surface area contributed by atoms with Crippen LogP contribution in [-0.2, 0) is 10.0 Å². The molecule has 2 rings (SSSR count). The zero-order chi connectivity index (χ0) is 15.6. The van der Waals surface area contributed by atoms with Gasteiger partial charge in [-0.15, -0.1) is 0 Å². The SMILES string of the molecule is CCCS(=O)(=O)N1CCN(c2c(C)cc(C)cc2C)CC1. The van der Waals surface area contributed by atoms with Crippen molar-refractivity contribution >= 4 is 15.7 Å². The normalized spacial score (nSPS) is 17.2. The first kappa shape index (κ1) is 16.3. The first-order valence-electron chi connectivity index (χ1n) is 7.65. The third kappa shape index (κ3) is 3.58. The van der Waals surface area contributed by atoms with Gasteiger partial charge in [-0.1, -0.05) is 24.6 Å². The maximum atomic E-state index is 12.1. The van der Waals surface area contributed by atoms with Crippen molar-refractivity contribution in [3.8, 4) is 0 Å². The number of nitrogens with zero attached hydrogens (tertiary/aromatic N) is 2. The van der Waals surface area contributed by atoms with E-state index in [4.69, 9.17) is 0 Å². The highest BCUT2D eigenvalue weighted by Crippen LogP contribution is 2.27. The summed E-state index contributed by atoms with van der Waals surface area (Å²) in [7, 11) is -3.06. The molecule has 1 fully saturated rings. The zero-order valence-electron chi connectivity index (χ0n) is 13.5. The predicted octanol–water partition coefficient (Wildman–Crippen LogP) is 2.47. The van der Waals surface area contributed by atoms with Gasteiger partial charge in [-0.3, -0.25) is 0 Å². The molecule has 0 spiro atoms. The maximum absolute atomic E-state index is 12.1. The Labute approximate surface area is 128 Å². The van der Waals surface area contributed by atoms with Crippen molar-refractivity contribution in [2.45, 2.75) is 34.1 Å². The molecule has 1 aliphatic rings. The lowest BCUT2D eigenvalue weighted by atomic mass is 10.0. The molecule has 5 heteroatoms. The Balaban J connectivity index is 2.12. The van der Waals surface area contributed by atoms with Gasteiger partial charge in [0.05, 0.1) is 5.75 Å². The number of sulfonamides is 1. The summed E-state index contributed by atoms with van der Waals surface area (Å²) in [6.07, 6.45) is 0.679. The van der Waals surface area contributed by atoms with Gasteiger partial charge >= 0.3 is 0 Å². The highest BCUT2D eigenvalue weighted by Gasteiger charge is 2.27. The molecule has 0 aromatic heterocycles. The largest absolute Gasteiger partial charge is 0.368 e. The molecule has 1 aromatic carbocycles. The van der Waals surface area contributed by atoms with Gasteiger partial charge in [0.1, 0.15) is 0 Å². The summed E-state index contributed by atoms with van der Waals surface area (Å²) >= 11 is 0. The molecule has 0 aliphatic carbocycles. The number of piperazine rings is 1. The van der Waals surface area contributed by atoms with Crippen molar-refractivity contribution in [2.75, 3.05) is 36.8 Å². The third-order valence-electron chi connectivity index (χ3n) is 4.05. The van der Waals surface area contributed by atoms with Gasteiger partial charge in [-0.05, 0) is 38.3 Å². The molecule has 4 nitrogen and oxygen atoms in total. The Morgan fingerprint density at radius 3 is 2.00 bits per heavy atom. The minimum absolute atomic E-state index is 0.260. The molecule has 0 atom stereocenters. The van der Waals surface area contributed by atoms with Gasteiger partial charge in [0, 0.05) is 31.9 Å². The van der Waals surface area contributed by atoms with Crippen LogP contribution in [0.25, 0.3) is 0 Å². The maximum Gasteiger partial charge on any atom is 0.214 e. The van der Waals surface area contributed by atoms with Crippen LogP contribution < -0.4 is 4.90 Å². The quantitative estimate of drug-likeness (QED) is 0.858. The number of hydrogen-bond donors (Lipinski definition) is 0. The van der Waals surface area contributed by atoms with Crippen LogP contribution >= 0.6 is 0 Å². The van der Waals surface area contributed by atoms with E-state index in [-0.39, 0.29) is 5.75 Å². The summed E-state index contributed by atoms with van der Waals surface area (Å²) in [5.74, 6) is 0.260. The molecule has 0 N–H and O–H groups in total. The fourth-order valence-electron chi connectivity index (χ4n) is 3.25. The van der Waals surface area contributed by atoms with E-state index in [1.54, 1.807) is 4.31 Å². The average Bonchev–Trinajstić information content (AvgIpc) is 2.38. The molecule has 1 aromatic rings. The van der Waals surface area contributed by atoms with Crippen LogP contribution in [0.2, 0.25) is 0 Å². The van der Waals surface area contributed by atoms with Crippen LogP contribution in [-0.4, -0.2) is 44.7 Å². The lowest BCUT2D eigenvalue weighted by Gasteiger charge is -2.37. The van der Waals surface area contributed by atoms with Crippen LogP contribution in [0.1, 0.15) is 30.0 Å². The molecule has 0 saturated carbocycles. The van der Waals surface area contributed by atoms with E-state index in [1.807, 2.05) is 6.92 Å². The third-order valence-corrected chi connectivity index (χ3v) is 6.12. The Morgan fingerprint density at radius 2 is 1.52 bits per heavy atom. The minimum Gasteiger partial charge on any atom is -0.368 e. The summed E-state index contributed by atoms with van der Waals surface area (Å²) in [6, 6.07) is 4.39. The molecular formula is C16H26N2O2S. The first-order chi connectivity index (χ1) is 9.85. The van der Waals surface area contributed by atoms with Crippen LogP contribution in [0.4, 0.5) is 5.69 Å². The van der Waals surface area contributed by atoms with E-state index in [0.29, 0.717) is 19.5 Å². The molecule has 1 aliphatic heterocycles. The Hall–Kier alpha value is -1.07. The van der Waals surface area contributed by atoms with Crippen LogP contribution in [0.3, 0.4) is 0 Å². The summed E-state index contributed by atoms with van der Waals surface area (Å²) in [6.45, 7) is 11.0. The number of rotatable bonds is 4. The van der Waals surface area contributed by atoms with E-state index in [0.717, 1.165) is 13.1 Å². The van der Waals surface area contributed by atoms with Crippen LogP contribution in [0.15, 0.2) is 12.1 Å². The Morgan fingerprint density at radius 1 is 1.00 bits per heavy atom. The second kappa shape index (κ2) is 6.36. The summed E-state index contributed by atoms with van der Waals surface area (Å²) < 4.78 is 25.9. The molecule has 21 heavy (non-hydrogen) atoms. The van der Waals surface area contributed by atoms with Crippen molar-refractivity contribution < 1.29 is 8.42 Å². The average molecular weight is 310 g/mol. The van der Waals surface area contributed by atoms with Crippen molar-refractivity contribution in [1.29, 1.82) is 0 Å². The van der Waals surface area contributed by atoms with Crippen LogP contribution in [0, 0.1) is 20.8 Å². The standard InChI is InChI=1S/C16H26N2O2S/c1-5-10-21(19,20)18-8-6-17(7-9-18)16-14(3)11-13(2)12-15(16)4/h11-12H,5-10H2,1-4H3. The van der Waals surface area contributed by atoms with E-state index in [2.05, 4.69) is 37.8 Å². The van der Waals surface area contributed by atoms with Gasteiger partial charge in [-0.2, -0.15) is 4.31 Å². The minimum atomic E-state index is -3.06. The molecule has 1 heterocycles. The number of aryl methyl sites for hydroxylation is 3. The fourth-order valence-corrected chi connectivity index (χ4v) is 4.74.